The van der Waals surface area contributed by atoms with Crippen LogP contribution in [0.1, 0.15) is 28.4 Å². The van der Waals surface area contributed by atoms with Gasteiger partial charge >= 0.3 is 0 Å². The Morgan fingerprint density at radius 1 is 1.24 bits per heavy atom. The van der Waals surface area contributed by atoms with Crippen molar-refractivity contribution in [3.63, 3.8) is 0 Å². The third-order valence-corrected chi connectivity index (χ3v) is 3.77. The van der Waals surface area contributed by atoms with Crippen molar-refractivity contribution in [2.45, 2.75) is 20.3 Å². The quantitative estimate of drug-likeness (QED) is 0.878. The van der Waals surface area contributed by atoms with Crippen LogP contribution in [0.15, 0.2) is 40.9 Å². The monoisotopic (exact) mass is 347 g/mol. The van der Waals surface area contributed by atoms with E-state index in [1.165, 1.54) is 5.56 Å². The molecule has 4 heteroatoms. The van der Waals surface area contributed by atoms with Crippen LogP contribution in [-0.4, -0.2) is 13.0 Å². The molecule has 0 saturated carbocycles. The Balaban J connectivity index is 2.27. The van der Waals surface area contributed by atoms with Crippen molar-refractivity contribution < 1.29 is 9.53 Å². The summed E-state index contributed by atoms with van der Waals surface area (Å²) in [6.45, 7) is 4.01. The van der Waals surface area contributed by atoms with Crippen LogP contribution >= 0.6 is 15.9 Å². The summed E-state index contributed by atoms with van der Waals surface area (Å²) in [6.07, 6.45) is 0.979. The highest BCUT2D eigenvalue weighted by molar-refractivity contribution is 9.10. The topological polar surface area (TPSA) is 38.3 Å². The number of carbonyl (C=O) groups excluding carboxylic acids is 1. The molecule has 0 unspecified atom stereocenters. The molecule has 0 aliphatic carbocycles. The van der Waals surface area contributed by atoms with Crippen LogP contribution in [-0.2, 0) is 6.42 Å². The average Bonchev–Trinajstić information content (AvgIpc) is 2.47. The number of anilines is 1. The fraction of sp³-hybridized carbons (Fsp3) is 0.235. The SMILES string of the molecule is CCc1ccc(NC(=O)c2cc(Br)cc(C)c2OC)cc1. The van der Waals surface area contributed by atoms with E-state index in [0.717, 1.165) is 22.1 Å². The van der Waals surface area contributed by atoms with Gasteiger partial charge in [0.2, 0.25) is 0 Å². The number of ether oxygens (including phenoxy) is 1. The number of halogens is 1. The zero-order valence-electron chi connectivity index (χ0n) is 12.4. The van der Waals surface area contributed by atoms with Gasteiger partial charge in [-0.3, -0.25) is 4.79 Å². The first-order valence-corrected chi connectivity index (χ1v) is 7.59. The highest BCUT2D eigenvalue weighted by Crippen LogP contribution is 2.28. The molecule has 110 valence electrons. The van der Waals surface area contributed by atoms with E-state index in [1.807, 2.05) is 37.3 Å². The van der Waals surface area contributed by atoms with Gasteiger partial charge in [-0.1, -0.05) is 35.0 Å². The second kappa shape index (κ2) is 6.76. The summed E-state index contributed by atoms with van der Waals surface area (Å²) in [5.41, 5.74) is 3.45. The van der Waals surface area contributed by atoms with Crippen LogP contribution < -0.4 is 10.1 Å². The minimum absolute atomic E-state index is 0.180. The molecule has 0 bridgehead atoms. The highest BCUT2D eigenvalue weighted by Gasteiger charge is 2.15. The molecule has 2 rings (SSSR count). The van der Waals surface area contributed by atoms with Gasteiger partial charge in [0, 0.05) is 10.2 Å². The summed E-state index contributed by atoms with van der Waals surface area (Å²) >= 11 is 3.41. The lowest BCUT2D eigenvalue weighted by atomic mass is 10.1. The van der Waals surface area contributed by atoms with E-state index in [4.69, 9.17) is 4.74 Å². The maximum Gasteiger partial charge on any atom is 0.259 e. The van der Waals surface area contributed by atoms with Crippen molar-refractivity contribution in [2.24, 2.45) is 0 Å². The van der Waals surface area contributed by atoms with Crippen molar-refractivity contribution in [1.29, 1.82) is 0 Å². The Labute approximate surface area is 133 Å². The number of nitrogens with one attached hydrogen (secondary N) is 1. The van der Waals surface area contributed by atoms with Crippen LogP contribution in [0.3, 0.4) is 0 Å². The zero-order chi connectivity index (χ0) is 15.4. The van der Waals surface area contributed by atoms with E-state index in [2.05, 4.69) is 28.2 Å². The van der Waals surface area contributed by atoms with E-state index in [-0.39, 0.29) is 5.91 Å². The first-order chi connectivity index (χ1) is 10.0. The summed E-state index contributed by atoms with van der Waals surface area (Å²) < 4.78 is 6.20. The van der Waals surface area contributed by atoms with Gasteiger partial charge in [-0.25, -0.2) is 0 Å². The van der Waals surface area contributed by atoms with Crippen LogP contribution in [0.2, 0.25) is 0 Å². The summed E-state index contributed by atoms with van der Waals surface area (Å²) in [6, 6.07) is 11.5. The minimum Gasteiger partial charge on any atom is -0.496 e. The van der Waals surface area contributed by atoms with Gasteiger partial charge in [0.1, 0.15) is 5.75 Å². The number of carbonyl (C=O) groups is 1. The number of rotatable bonds is 4. The maximum absolute atomic E-state index is 12.4. The Bertz CT molecular complexity index is 651. The molecule has 0 aliphatic rings. The number of amides is 1. The normalized spacial score (nSPS) is 10.3. The van der Waals surface area contributed by atoms with Gasteiger partial charge in [0.25, 0.3) is 5.91 Å². The molecule has 0 saturated heterocycles. The molecular weight excluding hydrogens is 330 g/mol. The van der Waals surface area contributed by atoms with Crippen molar-refractivity contribution >= 4 is 27.5 Å². The molecule has 21 heavy (non-hydrogen) atoms. The fourth-order valence-electron chi connectivity index (χ4n) is 2.19. The number of aryl methyl sites for hydroxylation is 2. The fourth-order valence-corrected chi connectivity index (χ4v) is 2.76. The van der Waals surface area contributed by atoms with Crippen LogP contribution in [0, 0.1) is 6.92 Å². The summed E-state index contributed by atoms with van der Waals surface area (Å²) in [5.74, 6) is 0.418. The maximum atomic E-state index is 12.4. The standard InChI is InChI=1S/C17H18BrNO2/c1-4-12-5-7-14(8-6-12)19-17(20)15-10-13(18)9-11(2)16(15)21-3/h5-10H,4H2,1-3H3,(H,19,20). The highest BCUT2D eigenvalue weighted by atomic mass is 79.9. The smallest absolute Gasteiger partial charge is 0.259 e. The van der Waals surface area contributed by atoms with Gasteiger partial charge < -0.3 is 10.1 Å². The second-order valence-electron chi connectivity index (χ2n) is 4.81. The molecule has 0 atom stereocenters. The van der Waals surface area contributed by atoms with Crippen molar-refractivity contribution in [2.75, 3.05) is 12.4 Å². The van der Waals surface area contributed by atoms with Gasteiger partial charge in [-0.15, -0.1) is 0 Å². The third-order valence-electron chi connectivity index (χ3n) is 3.31. The first kappa shape index (κ1) is 15.6. The lowest BCUT2D eigenvalue weighted by molar-refractivity contribution is 0.102. The summed E-state index contributed by atoms with van der Waals surface area (Å²) in [5, 5.41) is 2.90. The number of hydrogen-bond donors (Lipinski definition) is 1. The Morgan fingerprint density at radius 2 is 1.90 bits per heavy atom. The molecule has 2 aromatic carbocycles. The van der Waals surface area contributed by atoms with E-state index in [0.29, 0.717) is 11.3 Å². The molecule has 0 radical (unpaired) electrons. The minimum atomic E-state index is -0.180. The number of benzene rings is 2. The molecule has 0 heterocycles. The van der Waals surface area contributed by atoms with E-state index >= 15 is 0 Å². The molecule has 0 aromatic heterocycles. The van der Waals surface area contributed by atoms with Crippen LogP contribution in [0.4, 0.5) is 5.69 Å². The molecule has 1 amide bonds. The van der Waals surface area contributed by atoms with Gasteiger partial charge in [-0.05, 0) is 48.7 Å². The van der Waals surface area contributed by atoms with Crippen LogP contribution in [0.5, 0.6) is 5.75 Å². The summed E-state index contributed by atoms with van der Waals surface area (Å²) in [7, 11) is 1.57. The molecular formula is C17H18BrNO2. The van der Waals surface area contributed by atoms with Gasteiger partial charge in [0.15, 0.2) is 0 Å². The zero-order valence-corrected chi connectivity index (χ0v) is 14.0. The van der Waals surface area contributed by atoms with Crippen molar-refractivity contribution in [1.82, 2.24) is 0 Å². The van der Waals surface area contributed by atoms with E-state index in [9.17, 15) is 4.79 Å². The number of hydrogen-bond acceptors (Lipinski definition) is 2. The van der Waals surface area contributed by atoms with E-state index < -0.39 is 0 Å². The molecule has 3 nitrogen and oxygen atoms in total. The Kier molecular flexibility index (Phi) is 5.02. The summed E-state index contributed by atoms with van der Waals surface area (Å²) in [4.78, 5) is 12.4. The Hall–Kier alpha value is -1.81. The molecule has 0 spiro atoms. The predicted octanol–water partition coefficient (Wildman–Crippen LogP) is 4.58. The second-order valence-corrected chi connectivity index (χ2v) is 5.72. The van der Waals surface area contributed by atoms with E-state index in [1.54, 1.807) is 13.2 Å². The third kappa shape index (κ3) is 3.64. The largest absolute Gasteiger partial charge is 0.496 e. The Morgan fingerprint density at radius 3 is 2.48 bits per heavy atom. The van der Waals surface area contributed by atoms with Gasteiger partial charge in [0.05, 0.1) is 12.7 Å². The van der Waals surface area contributed by atoms with Crippen LogP contribution in [0.25, 0.3) is 0 Å². The van der Waals surface area contributed by atoms with Crippen molar-refractivity contribution in [3.8, 4) is 5.75 Å². The lowest BCUT2D eigenvalue weighted by Gasteiger charge is -2.12. The lowest BCUT2D eigenvalue weighted by Crippen LogP contribution is -2.13. The number of methoxy groups -OCH3 is 1. The molecule has 1 N–H and O–H groups in total. The average molecular weight is 348 g/mol. The predicted molar refractivity (Wildman–Crippen MR) is 89.2 cm³/mol. The molecule has 2 aromatic rings. The molecule has 0 fully saturated rings. The molecule has 0 aliphatic heterocycles. The van der Waals surface area contributed by atoms with Gasteiger partial charge in [-0.2, -0.15) is 0 Å². The first-order valence-electron chi connectivity index (χ1n) is 6.79. The van der Waals surface area contributed by atoms with Crippen molar-refractivity contribution in [3.05, 3.63) is 57.6 Å².